The van der Waals surface area contributed by atoms with E-state index in [9.17, 15) is 20.1 Å². The van der Waals surface area contributed by atoms with Gasteiger partial charge in [0.1, 0.15) is 6.29 Å². The highest BCUT2D eigenvalue weighted by Crippen LogP contribution is 2.62. The first kappa shape index (κ1) is 17.8. The lowest BCUT2D eigenvalue weighted by molar-refractivity contribution is -0.160. The molecule has 3 aliphatic carbocycles. The summed E-state index contributed by atoms with van der Waals surface area (Å²) in [6, 6.07) is 0. The summed E-state index contributed by atoms with van der Waals surface area (Å²) in [5.41, 5.74) is 0.998. The van der Waals surface area contributed by atoms with E-state index in [2.05, 4.69) is 19.6 Å². The van der Waals surface area contributed by atoms with E-state index in [4.69, 9.17) is 0 Å². The van der Waals surface area contributed by atoms with Crippen LogP contribution in [0.2, 0.25) is 0 Å². The molecule has 2 saturated carbocycles. The highest BCUT2D eigenvalue weighted by molar-refractivity contribution is 5.61. The molecule has 4 nitrogen and oxygen atoms in total. The smallest absolute Gasteiger partial charge is 0.128 e. The van der Waals surface area contributed by atoms with Crippen LogP contribution in [0.1, 0.15) is 46.0 Å². The van der Waals surface area contributed by atoms with Crippen LogP contribution in [0.4, 0.5) is 0 Å². The molecular formula is C20H30O4. The largest absolute Gasteiger partial charge is 0.392 e. The van der Waals surface area contributed by atoms with E-state index in [-0.39, 0.29) is 29.8 Å². The molecule has 2 fully saturated rings. The zero-order valence-electron chi connectivity index (χ0n) is 14.7. The highest BCUT2D eigenvalue weighted by Gasteiger charge is 2.60. The van der Waals surface area contributed by atoms with Crippen LogP contribution in [0, 0.1) is 28.6 Å². The molecule has 0 aliphatic heterocycles. The Bertz CT molecular complexity index is 568. The van der Waals surface area contributed by atoms with Crippen LogP contribution in [0.25, 0.3) is 0 Å². The Hall–Kier alpha value is -0.970. The molecule has 24 heavy (non-hydrogen) atoms. The minimum Gasteiger partial charge on any atom is -0.392 e. The van der Waals surface area contributed by atoms with Gasteiger partial charge in [-0.15, -0.1) is 0 Å². The summed E-state index contributed by atoms with van der Waals surface area (Å²) >= 11 is 0. The van der Waals surface area contributed by atoms with Crippen LogP contribution in [0.3, 0.4) is 0 Å². The van der Waals surface area contributed by atoms with Crippen molar-refractivity contribution in [1.29, 1.82) is 0 Å². The first-order valence-corrected chi connectivity index (χ1v) is 9.10. The Morgan fingerprint density at radius 3 is 2.67 bits per heavy atom. The molecule has 0 bridgehead atoms. The monoisotopic (exact) mass is 334 g/mol. The summed E-state index contributed by atoms with van der Waals surface area (Å²) in [4.78, 5) is 11.8. The Balaban J connectivity index is 1.99. The second-order valence-electron chi connectivity index (χ2n) is 8.57. The van der Waals surface area contributed by atoms with E-state index in [1.807, 2.05) is 6.92 Å². The molecule has 7 atom stereocenters. The van der Waals surface area contributed by atoms with Crippen LogP contribution in [-0.2, 0) is 4.79 Å². The lowest BCUT2D eigenvalue weighted by Gasteiger charge is -2.60. The highest BCUT2D eigenvalue weighted by atomic mass is 16.3. The van der Waals surface area contributed by atoms with Gasteiger partial charge >= 0.3 is 0 Å². The summed E-state index contributed by atoms with van der Waals surface area (Å²) in [5, 5.41) is 30.6. The van der Waals surface area contributed by atoms with Gasteiger partial charge in [-0.25, -0.2) is 0 Å². The van der Waals surface area contributed by atoms with Crippen molar-refractivity contribution in [3.05, 3.63) is 23.8 Å². The number of carbonyl (C=O) groups excluding carboxylic acids is 1. The molecule has 3 N–H and O–H groups in total. The van der Waals surface area contributed by atoms with Gasteiger partial charge in [0, 0.05) is 5.92 Å². The summed E-state index contributed by atoms with van der Waals surface area (Å²) in [5.74, 6) is 0.351. The molecule has 0 aromatic heterocycles. The van der Waals surface area contributed by atoms with Gasteiger partial charge in [-0.05, 0) is 60.5 Å². The fourth-order valence-corrected chi connectivity index (χ4v) is 5.77. The lowest BCUT2D eigenvalue weighted by atomic mass is 9.45. The quantitative estimate of drug-likeness (QED) is 0.546. The molecule has 0 saturated heterocycles. The normalized spacial score (nSPS) is 48.0. The van der Waals surface area contributed by atoms with Crippen molar-refractivity contribution >= 4 is 6.29 Å². The van der Waals surface area contributed by atoms with Crippen LogP contribution >= 0.6 is 0 Å². The maximum absolute atomic E-state index is 11.8. The van der Waals surface area contributed by atoms with Crippen molar-refractivity contribution in [2.45, 2.75) is 58.2 Å². The number of hydrogen-bond acceptors (Lipinski definition) is 4. The summed E-state index contributed by atoms with van der Waals surface area (Å²) in [6.45, 7) is 8.01. The molecule has 3 aliphatic rings. The van der Waals surface area contributed by atoms with Gasteiger partial charge < -0.3 is 20.1 Å². The van der Waals surface area contributed by atoms with Crippen LogP contribution < -0.4 is 0 Å². The number of allylic oxidation sites excluding steroid dienone is 1. The minimum atomic E-state index is -0.787. The molecule has 0 spiro atoms. The Kier molecular flexibility index (Phi) is 4.52. The van der Waals surface area contributed by atoms with Crippen LogP contribution in [0.15, 0.2) is 23.8 Å². The summed E-state index contributed by atoms with van der Waals surface area (Å²) < 4.78 is 0. The Labute approximate surface area is 144 Å². The second kappa shape index (κ2) is 6.08. The standard InChI is InChI=1S/C20H30O4/c1-12(10-21)13-4-5-15-14(8-13)16(23)9-17-19(15,2)7-6-18(24)20(17,3)11-22/h8,11,13,15-18,21,23-24H,1,4-7,9-10H2,2-3H3/t13-,15-,16+,17+,18-,19+,20-/m1/s1. The van der Waals surface area contributed by atoms with Gasteiger partial charge in [-0.2, -0.15) is 0 Å². The van der Waals surface area contributed by atoms with Gasteiger partial charge in [-0.3, -0.25) is 0 Å². The number of aldehydes is 1. The van der Waals surface area contributed by atoms with Gasteiger partial charge in [0.25, 0.3) is 0 Å². The topological polar surface area (TPSA) is 77.8 Å². The van der Waals surface area contributed by atoms with Crippen molar-refractivity contribution < 1.29 is 20.1 Å². The van der Waals surface area contributed by atoms with E-state index >= 15 is 0 Å². The van der Waals surface area contributed by atoms with Gasteiger partial charge in [0.05, 0.1) is 24.2 Å². The average molecular weight is 334 g/mol. The number of aliphatic hydroxyl groups excluding tert-OH is 3. The molecule has 0 aromatic rings. The number of rotatable bonds is 3. The van der Waals surface area contributed by atoms with Gasteiger partial charge in [-0.1, -0.05) is 26.5 Å². The molecule has 0 unspecified atom stereocenters. The molecule has 4 heteroatoms. The van der Waals surface area contributed by atoms with E-state index < -0.39 is 17.6 Å². The molecule has 134 valence electrons. The van der Waals surface area contributed by atoms with Crippen LogP contribution in [-0.4, -0.2) is 40.4 Å². The van der Waals surface area contributed by atoms with E-state index in [0.29, 0.717) is 12.8 Å². The predicted octanol–water partition coefficient (Wildman–Crippen LogP) is 2.23. The van der Waals surface area contributed by atoms with Crippen molar-refractivity contribution in [2.75, 3.05) is 6.61 Å². The molecule has 0 amide bonds. The second-order valence-corrected chi connectivity index (χ2v) is 8.57. The van der Waals surface area contributed by atoms with Crippen LogP contribution in [0.5, 0.6) is 0 Å². The number of carbonyl (C=O) groups is 1. The van der Waals surface area contributed by atoms with Crippen molar-refractivity contribution in [1.82, 2.24) is 0 Å². The number of hydrogen-bond donors (Lipinski definition) is 3. The lowest BCUT2D eigenvalue weighted by Crippen LogP contribution is -2.59. The average Bonchev–Trinajstić information content (AvgIpc) is 2.60. The maximum Gasteiger partial charge on any atom is 0.128 e. The molecule has 0 heterocycles. The summed E-state index contributed by atoms with van der Waals surface area (Å²) in [6.07, 6.45) is 5.71. The van der Waals surface area contributed by atoms with Crippen molar-refractivity contribution in [3.63, 3.8) is 0 Å². The molecule has 3 rings (SSSR count). The van der Waals surface area contributed by atoms with Crippen molar-refractivity contribution in [3.8, 4) is 0 Å². The zero-order valence-corrected chi connectivity index (χ0v) is 14.7. The Morgan fingerprint density at radius 2 is 2.04 bits per heavy atom. The van der Waals surface area contributed by atoms with E-state index in [0.717, 1.165) is 36.7 Å². The molecule has 0 aromatic carbocycles. The first-order valence-electron chi connectivity index (χ1n) is 9.10. The Morgan fingerprint density at radius 1 is 1.33 bits per heavy atom. The first-order chi connectivity index (χ1) is 11.3. The molecule has 0 radical (unpaired) electrons. The predicted molar refractivity (Wildman–Crippen MR) is 92.2 cm³/mol. The van der Waals surface area contributed by atoms with E-state index in [1.165, 1.54) is 0 Å². The van der Waals surface area contributed by atoms with E-state index in [1.54, 1.807) is 0 Å². The number of fused-ring (bicyclic) bond motifs is 3. The maximum atomic E-state index is 11.8. The number of aliphatic hydroxyl groups is 3. The minimum absolute atomic E-state index is 0.0130. The molecular weight excluding hydrogens is 304 g/mol. The van der Waals surface area contributed by atoms with Gasteiger partial charge in [0.2, 0.25) is 0 Å². The third kappa shape index (κ3) is 2.42. The third-order valence-corrected chi connectivity index (χ3v) is 7.40. The fraction of sp³-hybridized carbons (Fsp3) is 0.750. The van der Waals surface area contributed by atoms with Crippen molar-refractivity contribution in [2.24, 2.45) is 28.6 Å². The fourth-order valence-electron chi connectivity index (χ4n) is 5.77. The third-order valence-electron chi connectivity index (χ3n) is 7.40. The SMILES string of the molecule is C=C(CO)[C@H]1C=C2[C@@H](CC1)[C@]1(C)CC[C@@H](O)[C@](C)(C=O)[C@H]1C[C@@H]2O. The summed E-state index contributed by atoms with van der Waals surface area (Å²) in [7, 11) is 0. The van der Waals surface area contributed by atoms with Gasteiger partial charge in [0.15, 0.2) is 0 Å². The zero-order chi connectivity index (χ0) is 17.7.